The lowest BCUT2D eigenvalue weighted by molar-refractivity contribution is 1.11. The zero-order valence-electron chi connectivity index (χ0n) is 14.4. The Morgan fingerprint density at radius 1 is 0.840 bits per heavy atom. The number of para-hydroxylation sites is 1. The van der Waals surface area contributed by atoms with Crippen LogP contribution < -0.4 is 11.2 Å². The van der Waals surface area contributed by atoms with Crippen LogP contribution in [-0.2, 0) is 6.42 Å². The van der Waals surface area contributed by atoms with Crippen LogP contribution in [-0.4, -0.2) is 12.3 Å². The summed E-state index contributed by atoms with van der Waals surface area (Å²) in [7, 11) is 0. The smallest absolute Gasteiger partial charge is 0.0641 e. The summed E-state index contributed by atoms with van der Waals surface area (Å²) in [6, 6.07) is 27.0. The molecule has 3 aromatic rings. The Labute approximate surface area is 149 Å². The van der Waals surface area contributed by atoms with Crippen molar-refractivity contribution < 1.29 is 0 Å². The lowest BCUT2D eigenvalue weighted by Gasteiger charge is -2.03. The van der Waals surface area contributed by atoms with E-state index in [-0.39, 0.29) is 0 Å². The Morgan fingerprint density at radius 3 is 2.16 bits per heavy atom. The first-order valence-electron chi connectivity index (χ1n) is 8.50. The molecule has 0 amide bonds. The van der Waals surface area contributed by atoms with Gasteiger partial charge < -0.3 is 11.2 Å². The summed E-state index contributed by atoms with van der Waals surface area (Å²) in [5.41, 5.74) is 7.10. The van der Waals surface area contributed by atoms with Crippen molar-refractivity contribution in [2.45, 2.75) is 13.3 Å². The first-order valence-corrected chi connectivity index (χ1v) is 8.50. The predicted molar refractivity (Wildman–Crippen MR) is 107 cm³/mol. The molecule has 0 bridgehead atoms. The topological polar surface area (TPSA) is 50.4 Å². The number of nitrogens with zero attached hydrogens (tertiary/aromatic N) is 1. The molecule has 3 N–H and O–H groups in total. The molecular formula is C22H23N3. The molecule has 0 unspecified atom stereocenters. The van der Waals surface area contributed by atoms with Gasteiger partial charge in [-0.2, -0.15) is 5.10 Å². The van der Waals surface area contributed by atoms with Crippen molar-refractivity contribution >= 4 is 11.4 Å². The van der Waals surface area contributed by atoms with Gasteiger partial charge in [0.05, 0.1) is 5.71 Å². The van der Waals surface area contributed by atoms with Gasteiger partial charge in [-0.1, -0.05) is 72.8 Å². The van der Waals surface area contributed by atoms with Gasteiger partial charge in [-0.25, -0.2) is 0 Å². The van der Waals surface area contributed by atoms with Gasteiger partial charge >= 0.3 is 0 Å². The van der Waals surface area contributed by atoms with E-state index in [1.807, 2.05) is 37.3 Å². The molecule has 0 fully saturated rings. The highest BCUT2D eigenvalue weighted by molar-refractivity contribution is 5.98. The molecule has 3 nitrogen and oxygen atoms in total. The van der Waals surface area contributed by atoms with E-state index in [1.165, 1.54) is 28.8 Å². The first-order chi connectivity index (χ1) is 12.3. The molecule has 4 rings (SSSR count). The quantitative estimate of drug-likeness (QED) is 0.407. The monoisotopic (exact) mass is 329 g/mol. The SMILES string of the molecule is CC(=NN)c1ccc(-c2ccccc2)cc1.c1ccc2c(c1)CCN2. The molecule has 0 saturated carbocycles. The number of nitrogens with two attached hydrogens (primary N) is 1. The summed E-state index contributed by atoms with van der Waals surface area (Å²) < 4.78 is 0. The van der Waals surface area contributed by atoms with Gasteiger partial charge in [0.15, 0.2) is 0 Å². The fourth-order valence-corrected chi connectivity index (χ4v) is 2.85. The second-order valence-corrected chi connectivity index (χ2v) is 5.99. The molecule has 0 saturated heterocycles. The van der Waals surface area contributed by atoms with Crippen LogP contribution in [0.25, 0.3) is 11.1 Å². The van der Waals surface area contributed by atoms with E-state index in [4.69, 9.17) is 5.84 Å². The van der Waals surface area contributed by atoms with Crippen LogP contribution in [0.4, 0.5) is 5.69 Å². The van der Waals surface area contributed by atoms with Crippen LogP contribution in [0.15, 0.2) is 84.0 Å². The van der Waals surface area contributed by atoms with Crippen molar-refractivity contribution in [3.8, 4) is 11.1 Å². The number of hydrogen-bond donors (Lipinski definition) is 2. The van der Waals surface area contributed by atoms with Crippen molar-refractivity contribution in [2.75, 3.05) is 11.9 Å². The van der Waals surface area contributed by atoms with Crippen molar-refractivity contribution in [1.29, 1.82) is 0 Å². The molecule has 0 spiro atoms. The summed E-state index contributed by atoms with van der Waals surface area (Å²) in [4.78, 5) is 0. The maximum Gasteiger partial charge on any atom is 0.0641 e. The Hall–Kier alpha value is -3.07. The summed E-state index contributed by atoms with van der Waals surface area (Å²) in [6.07, 6.45) is 1.19. The summed E-state index contributed by atoms with van der Waals surface area (Å²) in [5.74, 6) is 5.24. The lowest BCUT2D eigenvalue weighted by Crippen LogP contribution is -1.98. The molecule has 0 atom stereocenters. The van der Waals surface area contributed by atoms with Gasteiger partial charge in [-0.05, 0) is 41.7 Å². The standard InChI is InChI=1S/C14H14N2.C8H9N/c1-11(16-15)12-7-9-14(10-8-12)13-5-3-2-4-6-13;1-2-4-8-7(3-1)5-6-9-8/h2-10H,15H2,1H3;1-4,9H,5-6H2. The van der Waals surface area contributed by atoms with Crippen LogP contribution >= 0.6 is 0 Å². The second kappa shape index (κ2) is 8.15. The van der Waals surface area contributed by atoms with Crippen LogP contribution in [0.5, 0.6) is 0 Å². The van der Waals surface area contributed by atoms with Crippen molar-refractivity contribution in [3.05, 3.63) is 90.0 Å². The molecule has 1 aliphatic heterocycles. The van der Waals surface area contributed by atoms with Crippen LogP contribution in [0.1, 0.15) is 18.1 Å². The summed E-state index contributed by atoms with van der Waals surface area (Å²) in [6.45, 7) is 3.01. The van der Waals surface area contributed by atoms with Crippen LogP contribution in [0.3, 0.4) is 0 Å². The highest BCUT2D eigenvalue weighted by Gasteiger charge is 2.06. The maximum absolute atomic E-state index is 5.24. The van der Waals surface area contributed by atoms with Crippen molar-refractivity contribution in [2.24, 2.45) is 10.9 Å². The third-order valence-corrected chi connectivity index (χ3v) is 4.33. The second-order valence-electron chi connectivity index (χ2n) is 5.99. The van der Waals surface area contributed by atoms with E-state index in [0.29, 0.717) is 0 Å². The fraction of sp³-hybridized carbons (Fsp3) is 0.136. The van der Waals surface area contributed by atoms with E-state index in [9.17, 15) is 0 Å². The Bertz CT molecular complexity index is 814. The predicted octanol–water partition coefficient (Wildman–Crippen LogP) is 4.69. The summed E-state index contributed by atoms with van der Waals surface area (Å²) >= 11 is 0. The van der Waals surface area contributed by atoms with Crippen LogP contribution in [0, 0.1) is 0 Å². The minimum atomic E-state index is 0.847. The Morgan fingerprint density at radius 2 is 1.48 bits per heavy atom. The van der Waals surface area contributed by atoms with Crippen molar-refractivity contribution in [1.82, 2.24) is 0 Å². The molecule has 0 aliphatic carbocycles. The number of anilines is 1. The number of benzene rings is 3. The van der Waals surface area contributed by atoms with E-state index < -0.39 is 0 Å². The molecule has 126 valence electrons. The van der Waals surface area contributed by atoms with E-state index in [0.717, 1.165) is 17.8 Å². The van der Waals surface area contributed by atoms with E-state index in [2.05, 4.69) is 58.9 Å². The molecule has 3 aromatic carbocycles. The largest absolute Gasteiger partial charge is 0.384 e. The number of fused-ring (bicyclic) bond motifs is 1. The Balaban J connectivity index is 0.000000170. The molecule has 25 heavy (non-hydrogen) atoms. The number of rotatable bonds is 2. The van der Waals surface area contributed by atoms with Gasteiger partial charge in [-0.3, -0.25) is 0 Å². The average Bonchev–Trinajstić information content (AvgIpc) is 3.17. The summed E-state index contributed by atoms with van der Waals surface area (Å²) in [5, 5.41) is 6.98. The molecule has 1 aliphatic rings. The normalized spacial score (nSPS) is 12.6. The zero-order valence-corrected chi connectivity index (χ0v) is 14.4. The van der Waals surface area contributed by atoms with Gasteiger partial charge in [0, 0.05) is 12.2 Å². The van der Waals surface area contributed by atoms with E-state index in [1.54, 1.807) is 0 Å². The molecular weight excluding hydrogens is 306 g/mol. The molecule has 3 heteroatoms. The maximum atomic E-state index is 5.24. The fourth-order valence-electron chi connectivity index (χ4n) is 2.85. The highest BCUT2D eigenvalue weighted by Crippen LogP contribution is 2.20. The average molecular weight is 329 g/mol. The Kier molecular flexibility index (Phi) is 5.47. The first kappa shape index (κ1) is 16.8. The number of nitrogens with one attached hydrogen (secondary N) is 1. The van der Waals surface area contributed by atoms with Crippen LogP contribution in [0.2, 0.25) is 0 Å². The lowest BCUT2D eigenvalue weighted by atomic mass is 10.0. The van der Waals surface area contributed by atoms with Gasteiger partial charge in [0.25, 0.3) is 0 Å². The zero-order chi connectivity index (χ0) is 17.5. The van der Waals surface area contributed by atoms with E-state index >= 15 is 0 Å². The molecule has 0 aromatic heterocycles. The van der Waals surface area contributed by atoms with Gasteiger partial charge in [0.1, 0.15) is 0 Å². The third-order valence-electron chi connectivity index (χ3n) is 4.33. The third kappa shape index (κ3) is 4.27. The molecule has 1 heterocycles. The number of hydrogen-bond acceptors (Lipinski definition) is 3. The van der Waals surface area contributed by atoms with Gasteiger partial charge in [0.2, 0.25) is 0 Å². The van der Waals surface area contributed by atoms with Gasteiger partial charge in [-0.15, -0.1) is 0 Å². The number of hydrazone groups is 1. The van der Waals surface area contributed by atoms with Crippen molar-refractivity contribution in [3.63, 3.8) is 0 Å². The molecule has 0 radical (unpaired) electrons. The minimum absolute atomic E-state index is 0.847. The highest BCUT2D eigenvalue weighted by atomic mass is 15.1. The minimum Gasteiger partial charge on any atom is -0.384 e.